The van der Waals surface area contributed by atoms with E-state index in [1.807, 2.05) is 18.2 Å². The molecule has 0 amide bonds. The number of nitrogen functional groups attached to an aromatic ring is 1. The highest BCUT2D eigenvalue weighted by molar-refractivity contribution is 5.96. The molecule has 142 valence electrons. The normalized spacial score (nSPS) is 14.8. The summed E-state index contributed by atoms with van der Waals surface area (Å²) in [6, 6.07) is 12.5. The quantitative estimate of drug-likeness (QED) is 0.444. The van der Waals surface area contributed by atoms with Gasteiger partial charge in [-0.25, -0.2) is 4.79 Å². The molecule has 0 bridgehead atoms. The maximum Gasteiger partial charge on any atom is 0.335 e. The minimum Gasteiger partial charge on any atom is -0.478 e. The van der Waals surface area contributed by atoms with Gasteiger partial charge in [0.1, 0.15) is 5.84 Å². The Hall–Kier alpha value is -2.70. The first kappa shape index (κ1) is 19.1. The molecule has 1 fully saturated rings. The van der Waals surface area contributed by atoms with Gasteiger partial charge in [0, 0.05) is 12.2 Å². The smallest absolute Gasteiger partial charge is 0.335 e. The summed E-state index contributed by atoms with van der Waals surface area (Å²) in [4.78, 5) is 11.5. The fourth-order valence-corrected chi connectivity index (χ4v) is 3.32. The Balaban J connectivity index is 1.79. The van der Waals surface area contributed by atoms with E-state index >= 15 is 0 Å². The predicted molar refractivity (Wildman–Crippen MR) is 105 cm³/mol. The number of aromatic carboxylic acids is 1. The third-order valence-electron chi connectivity index (χ3n) is 4.83. The number of amidine groups is 1. The van der Waals surface area contributed by atoms with E-state index in [2.05, 4.69) is 5.32 Å². The zero-order valence-corrected chi connectivity index (χ0v) is 15.2. The minimum atomic E-state index is -0.973. The molecule has 0 aromatic heterocycles. The van der Waals surface area contributed by atoms with Gasteiger partial charge < -0.3 is 20.9 Å². The van der Waals surface area contributed by atoms with Gasteiger partial charge in [-0.15, -0.1) is 0 Å². The van der Waals surface area contributed by atoms with E-state index in [-0.39, 0.29) is 11.4 Å². The highest BCUT2D eigenvalue weighted by Gasteiger charge is 2.14. The van der Waals surface area contributed by atoms with Crippen LogP contribution in [0.1, 0.15) is 34.3 Å². The molecule has 1 saturated heterocycles. The highest BCUT2D eigenvalue weighted by atomic mass is 16.5. The molecule has 0 unspecified atom stereocenters. The third kappa shape index (κ3) is 5.15. The Kier molecular flexibility index (Phi) is 6.21. The molecular weight excluding hydrogens is 342 g/mol. The molecular formula is C21H25N3O3. The first-order valence-electron chi connectivity index (χ1n) is 9.13. The lowest BCUT2D eigenvalue weighted by Gasteiger charge is -2.22. The number of nitrogens with two attached hydrogens (primary N) is 1. The molecule has 3 rings (SSSR count). The summed E-state index contributed by atoms with van der Waals surface area (Å²) in [7, 11) is 0. The van der Waals surface area contributed by atoms with Gasteiger partial charge in [-0.2, -0.15) is 0 Å². The van der Waals surface area contributed by atoms with Gasteiger partial charge in [0.05, 0.1) is 12.2 Å². The van der Waals surface area contributed by atoms with Crippen LogP contribution in [0.5, 0.6) is 0 Å². The Bertz CT molecular complexity index is 829. The second kappa shape index (κ2) is 8.79. The van der Waals surface area contributed by atoms with Crippen molar-refractivity contribution in [3.05, 3.63) is 59.2 Å². The number of carbonyl (C=O) groups is 1. The molecule has 1 aliphatic heterocycles. The Labute approximate surface area is 158 Å². The van der Waals surface area contributed by atoms with Gasteiger partial charge in [-0.3, -0.25) is 5.41 Å². The molecule has 27 heavy (non-hydrogen) atoms. The molecule has 1 heterocycles. The summed E-state index contributed by atoms with van der Waals surface area (Å²) in [5, 5.41) is 20.4. The summed E-state index contributed by atoms with van der Waals surface area (Å²) in [6.07, 6.45) is 2.22. The van der Waals surface area contributed by atoms with E-state index in [4.69, 9.17) is 15.9 Å². The van der Waals surface area contributed by atoms with E-state index in [9.17, 15) is 9.90 Å². The van der Waals surface area contributed by atoms with E-state index in [1.165, 1.54) is 0 Å². The molecule has 0 radical (unpaired) electrons. The van der Waals surface area contributed by atoms with Crippen LogP contribution in [-0.4, -0.2) is 36.6 Å². The lowest BCUT2D eigenvalue weighted by molar-refractivity contribution is 0.0693. The Morgan fingerprint density at radius 1 is 1.15 bits per heavy atom. The van der Waals surface area contributed by atoms with Crippen LogP contribution in [0.15, 0.2) is 42.5 Å². The third-order valence-corrected chi connectivity index (χ3v) is 4.83. The number of ether oxygens (including phenoxy) is 1. The molecule has 1 aliphatic rings. The molecule has 6 heteroatoms. The van der Waals surface area contributed by atoms with E-state index < -0.39 is 5.97 Å². The van der Waals surface area contributed by atoms with Crippen molar-refractivity contribution in [3.8, 4) is 11.1 Å². The standard InChI is InChI=1S/C21H25N3O3/c22-20(23)17-3-1-2-16(10-17)18-8-15(9-19(11-18)21(25)26)13-27-12-14-4-6-24-7-5-14/h1-3,8-11,14,24H,4-7,12-13H2,(H3,22,23)(H,25,26). The number of piperidine rings is 1. The van der Waals surface area contributed by atoms with Crippen molar-refractivity contribution >= 4 is 11.8 Å². The van der Waals surface area contributed by atoms with Crippen LogP contribution in [0, 0.1) is 11.3 Å². The van der Waals surface area contributed by atoms with Crippen LogP contribution in [0.2, 0.25) is 0 Å². The zero-order chi connectivity index (χ0) is 19.2. The second-order valence-corrected chi connectivity index (χ2v) is 6.93. The van der Waals surface area contributed by atoms with Crippen LogP contribution in [-0.2, 0) is 11.3 Å². The van der Waals surface area contributed by atoms with Gasteiger partial charge in [0.2, 0.25) is 0 Å². The van der Waals surface area contributed by atoms with Crippen LogP contribution < -0.4 is 11.1 Å². The first-order valence-corrected chi connectivity index (χ1v) is 9.13. The summed E-state index contributed by atoms with van der Waals surface area (Å²) >= 11 is 0. The van der Waals surface area contributed by atoms with Crippen LogP contribution in [0.3, 0.4) is 0 Å². The molecule has 2 aromatic rings. The Morgan fingerprint density at radius 3 is 2.59 bits per heavy atom. The van der Waals surface area contributed by atoms with E-state index in [0.29, 0.717) is 24.7 Å². The second-order valence-electron chi connectivity index (χ2n) is 6.93. The lowest BCUT2D eigenvalue weighted by atomic mass is 9.98. The van der Waals surface area contributed by atoms with Crippen LogP contribution in [0.4, 0.5) is 0 Å². The fraction of sp³-hybridized carbons (Fsp3) is 0.333. The number of carboxylic acid groups (broad SMARTS) is 1. The summed E-state index contributed by atoms with van der Waals surface area (Å²) in [6.45, 7) is 3.12. The van der Waals surface area contributed by atoms with Crippen molar-refractivity contribution in [2.45, 2.75) is 19.4 Å². The molecule has 2 aromatic carbocycles. The first-order chi connectivity index (χ1) is 13.0. The van der Waals surface area contributed by atoms with Gasteiger partial charge >= 0.3 is 5.97 Å². The lowest BCUT2D eigenvalue weighted by Crippen LogP contribution is -2.29. The van der Waals surface area contributed by atoms with Gasteiger partial charge in [-0.1, -0.05) is 18.2 Å². The largest absolute Gasteiger partial charge is 0.478 e. The number of nitrogens with one attached hydrogen (secondary N) is 2. The fourth-order valence-electron chi connectivity index (χ4n) is 3.32. The van der Waals surface area contributed by atoms with E-state index in [0.717, 1.165) is 42.6 Å². The number of rotatable bonds is 7. The van der Waals surface area contributed by atoms with Crippen LogP contribution >= 0.6 is 0 Å². The van der Waals surface area contributed by atoms with Crippen molar-refractivity contribution in [1.82, 2.24) is 5.32 Å². The monoisotopic (exact) mass is 367 g/mol. The number of hydrogen-bond donors (Lipinski definition) is 4. The van der Waals surface area contributed by atoms with E-state index in [1.54, 1.807) is 24.3 Å². The molecule has 0 atom stereocenters. The van der Waals surface area contributed by atoms with Gasteiger partial charge in [-0.05, 0) is 72.8 Å². The summed E-state index contributed by atoms with van der Waals surface area (Å²) < 4.78 is 5.87. The number of carboxylic acids is 1. The molecule has 0 aliphatic carbocycles. The van der Waals surface area contributed by atoms with Crippen molar-refractivity contribution in [2.75, 3.05) is 19.7 Å². The average molecular weight is 367 g/mol. The molecule has 0 spiro atoms. The molecule has 6 nitrogen and oxygen atoms in total. The summed E-state index contributed by atoms with van der Waals surface area (Å²) in [5.41, 5.74) is 8.83. The van der Waals surface area contributed by atoms with Gasteiger partial charge in [0.25, 0.3) is 0 Å². The summed E-state index contributed by atoms with van der Waals surface area (Å²) in [5.74, 6) is -0.434. The molecule has 5 N–H and O–H groups in total. The molecule has 0 saturated carbocycles. The zero-order valence-electron chi connectivity index (χ0n) is 15.2. The van der Waals surface area contributed by atoms with Crippen LogP contribution in [0.25, 0.3) is 11.1 Å². The van der Waals surface area contributed by atoms with Crippen molar-refractivity contribution in [3.63, 3.8) is 0 Å². The Morgan fingerprint density at radius 2 is 1.89 bits per heavy atom. The minimum absolute atomic E-state index is 0.0169. The maximum absolute atomic E-state index is 11.5. The van der Waals surface area contributed by atoms with Crippen molar-refractivity contribution < 1.29 is 14.6 Å². The van der Waals surface area contributed by atoms with Crippen molar-refractivity contribution in [1.29, 1.82) is 5.41 Å². The van der Waals surface area contributed by atoms with Crippen molar-refractivity contribution in [2.24, 2.45) is 11.7 Å². The number of benzene rings is 2. The van der Waals surface area contributed by atoms with Gasteiger partial charge in [0.15, 0.2) is 0 Å². The predicted octanol–water partition coefficient (Wildman–Crippen LogP) is 2.85. The average Bonchev–Trinajstić information content (AvgIpc) is 2.68. The topological polar surface area (TPSA) is 108 Å². The number of hydrogen-bond acceptors (Lipinski definition) is 4. The maximum atomic E-state index is 11.5. The highest BCUT2D eigenvalue weighted by Crippen LogP contribution is 2.24. The SMILES string of the molecule is N=C(N)c1cccc(-c2cc(COCC3CCNCC3)cc(C(=O)O)c2)c1.